The third-order valence-corrected chi connectivity index (χ3v) is 4.06. The second kappa shape index (κ2) is 14.0. The molecule has 0 saturated heterocycles. The average molecular weight is 316 g/mol. The topological polar surface area (TPSA) is 29.1 Å². The van der Waals surface area contributed by atoms with Crippen molar-refractivity contribution in [2.45, 2.75) is 71.1 Å². The van der Waals surface area contributed by atoms with E-state index in [-0.39, 0.29) is 5.91 Å². The summed E-state index contributed by atoms with van der Waals surface area (Å²) >= 11 is 0. The van der Waals surface area contributed by atoms with E-state index < -0.39 is 0 Å². The fourth-order valence-corrected chi connectivity index (χ4v) is 2.62. The normalized spacial score (nSPS) is 11.0. The van der Waals surface area contributed by atoms with Crippen LogP contribution in [-0.2, 0) is 4.79 Å². The van der Waals surface area contributed by atoms with Crippen LogP contribution in [0.1, 0.15) is 76.7 Å². The highest BCUT2D eigenvalue weighted by molar-refractivity contribution is 5.91. The molecule has 0 aliphatic heterocycles. The summed E-state index contributed by atoms with van der Waals surface area (Å²) in [5, 5.41) is 2.95. The molecule has 0 aromatic heterocycles. The first kappa shape index (κ1) is 19.5. The van der Waals surface area contributed by atoms with E-state index in [2.05, 4.69) is 12.2 Å². The molecule has 0 aliphatic rings. The number of hydrogen-bond donors (Lipinski definition) is 1. The Morgan fingerprint density at radius 3 is 2.04 bits per heavy atom. The molecule has 128 valence electrons. The van der Waals surface area contributed by atoms with E-state index in [9.17, 15) is 4.79 Å². The highest BCUT2D eigenvalue weighted by atomic mass is 16.1. The smallest absolute Gasteiger partial charge is 0.243 e. The van der Waals surface area contributed by atoms with Crippen molar-refractivity contribution in [1.82, 2.24) is 5.32 Å². The Labute approximate surface area is 142 Å². The number of hydrogen-bond acceptors (Lipinski definition) is 1. The Kier molecular flexibility index (Phi) is 11.9. The predicted molar refractivity (Wildman–Crippen MR) is 100 cm³/mol. The van der Waals surface area contributed by atoms with E-state index in [1.165, 1.54) is 57.8 Å². The fraction of sp³-hybridized carbons (Fsp3) is 0.571. The lowest BCUT2D eigenvalue weighted by Gasteiger charge is -2.03. The second-order valence-corrected chi connectivity index (χ2v) is 6.22. The monoisotopic (exact) mass is 315 g/mol. The number of benzene rings is 1. The van der Waals surface area contributed by atoms with Crippen LogP contribution in [0.4, 0.5) is 0 Å². The van der Waals surface area contributed by atoms with Gasteiger partial charge in [-0.1, -0.05) is 95.0 Å². The van der Waals surface area contributed by atoms with Gasteiger partial charge in [-0.3, -0.25) is 4.79 Å². The summed E-state index contributed by atoms with van der Waals surface area (Å²) in [6.45, 7) is 3.05. The van der Waals surface area contributed by atoms with Crippen LogP contribution in [0.15, 0.2) is 36.4 Å². The zero-order chi connectivity index (χ0) is 16.6. The van der Waals surface area contributed by atoms with Gasteiger partial charge >= 0.3 is 0 Å². The quantitative estimate of drug-likeness (QED) is 0.365. The minimum absolute atomic E-state index is 0.00442. The van der Waals surface area contributed by atoms with Crippen molar-refractivity contribution in [1.29, 1.82) is 0 Å². The molecule has 0 bridgehead atoms. The van der Waals surface area contributed by atoms with E-state index in [4.69, 9.17) is 0 Å². The Balaban J connectivity index is 1.91. The van der Waals surface area contributed by atoms with E-state index in [1.807, 2.05) is 36.4 Å². The molecule has 0 fully saturated rings. The van der Waals surface area contributed by atoms with Crippen molar-refractivity contribution in [3.8, 4) is 0 Å². The van der Waals surface area contributed by atoms with Crippen molar-refractivity contribution in [3.05, 3.63) is 42.0 Å². The number of carbonyl (C=O) groups excluding carboxylic acids is 1. The Morgan fingerprint density at radius 2 is 1.43 bits per heavy atom. The molecule has 0 unspecified atom stereocenters. The molecule has 23 heavy (non-hydrogen) atoms. The average Bonchev–Trinajstić information content (AvgIpc) is 2.59. The Morgan fingerprint density at radius 1 is 0.870 bits per heavy atom. The highest BCUT2D eigenvalue weighted by Crippen LogP contribution is 2.10. The molecule has 0 heterocycles. The molecular weight excluding hydrogens is 282 g/mol. The van der Waals surface area contributed by atoms with Crippen LogP contribution in [0.3, 0.4) is 0 Å². The van der Waals surface area contributed by atoms with Gasteiger partial charge in [0.1, 0.15) is 0 Å². The molecule has 1 aromatic carbocycles. The lowest BCUT2D eigenvalue weighted by atomic mass is 10.1. The van der Waals surface area contributed by atoms with Gasteiger partial charge < -0.3 is 5.32 Å². The molecule has 2 nitrogen and oxygen atoms in total. The SMILES string of the molecule is CCCCCCCCCCCCNC(=O)C=Cc1ccccc1. The summed E-state index contributed by atoms with van der Waals surface area (Å²) in [5.41, 5.74) is 1.06. The van der Waals surface area contributed by atoms with Crippen LogP contribution < -0.4 is 5.32 Å². The van der Waals surface area contributed by atoms with Gasteiger partial charge in [0.15, 0.2) is 0 Å². The molecule has 1 N–H and O–H groups in total. The van der Waals surface area contributed by atoms with Crippen molar-refractivity contribution in [2.24, 2.45) is 0 Å². The molecule has 1 aromatic rings. The molecule has 0 atom stereocenters. The Hall–Kier alpha value is -1.57. The first-order chi connectivity index (χ1) is 11.3. The van der Waals surface area contributed by atoms with Crippen molar-refractivity contribution in [2.75, 3.05) is 6.54 Å². The largest absolute Gasteiger partial charge is 0.353 e. The van der Waals surface area contributed by atoms with Crippen molar-refractivity contribution in [3.63, 3.8) is 0 Å². The summed E-state index contributed by atoms with van der Waals surface area (Å²) < 4.78 is 0. The molecular formula is C21H33NO. The molecule has 0 aliphatic carbocycles. The van der Waals surface area contributed by atoms with Gasteiger partial charge in [0.25, 0.3) is 0 Å². The molecule has 2 heteroatoms. The third kappa shape index (κ3) is 11.6. The summed E-state index contributed by atoms with van der Waals surface area (Å²) in [6, 6.07) is 9.91. The fourth-order valence-electron chi connectivity index (χ4n) is 2.62. The number of carbonyl (C=O) groups is 1. The number of amides is 1. The van der Waals surface area contributed by atoms with Crippen LogP contribution in [0.2, 0.25) is 0 Å². The molecule has 1 amide bonds. The summed E-state index contributed by atoms with van der Waals surface area (Å²) in [7, 11) is 0. The standard InChI is InChI=1S/C21H33NO/c1-2-3-4-5-6-7-8-9-10-14-19-22-21(23)18-17-20-15-12-11-13-16-20/h11-13,15-18H,2-10,14,19H2,1H3,(H,22,23). The summed E-state index contributed by atoms with van der Waals surface area (Å²) in [5.74, 6) is 0.00442. The third-order valence-electron chi connectivity index (χ3n) is 4.06. The lowest BCUT2D eigenvalue weighted by molar-refractivity contribution is -0.116. The van der Waals surface area contributed by atoms with E-state index >= 15 is 0 Å². The maximum atomic E-state index is 11.7. The molecule has 1 rings (SSSR count). The minimum Gasteiger partial charge on any atom is -0.353 e. The van der Waals surface area contributed by atoms with Crippen LogP contribution in [0.25, 0.3) is 6.08 Å². The van der Waals surface area contributed by atoms with Gasteiger partial charge in [0.2, 0.25) is 5.91 Å². The maximum absolute atomic E-state index is 11.7. The number of rotatable bonds is 13. The first-order valence-electron chi connectivity index (χ1n) is 9.34. The van der Waals surface area contributed by atoms with Gasteiger partial charge in [-0.25, -0.2) is 0 Å². The van der Waals surface area contributed by atoms with Gasteiger partial charge in [-0.2, -0.15) is 0 Å². The number of nitrogens with one attached hydrogen (secondary N) is 1. The van der Waals surface area contributed by atoms with E-state index in [1.54, 1.807) is 6.08 Å². The minimum atomic E-state index is 0.00442. The van der Waals surface area contributed by atoms with Gasteiger partial charge in [-0.05, 0) is 18.1 Å². The van der Waals surface area contributed by atoms with Crippen LogP contribution >= 0.6 is 0 Å². The van der Waals surface area contributed by atoms with Gasteiger partial charge in [0, 0.05) is 12.6 Å². The zero-order valence-electron chi connectivity index (χ0n) is 14.7. The number of unbranched alkanes of at least 4 members (excludes halogenated alkanes) is 9. The summed E-state index contributed by atoms with van der Waals surface area (Å²) in [6.07, 6.45) is 16.7. The zero-order valence-corrected chi connectivity index (χ0v) is 14.7. The Bertz CT molecular complexity index is 425. The maximum Gasteiger partial charge on any atom is 0.243 e. The van der Waals surface area contributed by atoms with Crippen molar-refractivity contribution >= 4 is 12.0 Å². The molecule has 0 saturated carbocycles. The predicted octanol–water partition coefficient (Wildman–Crippen LogP) is 5.74. The van der Waals surface area contributed by atoms with Crippen LogP contribution in [0, 0.1) is 0 Å². The summed E-state index contributed by atoms with van der Waals surface area (Å²) in [4.78, 5) is 11.7. The van der Waals surface area contributed by atoms with Gasteiger partial charge in [-0.15, -0.1) is 0 Å². The van der Waals surface area contributed by atoms with Crippen LogP contribution in [-0.4, -0.2) is 12.5 Å². The van der Waals surface area contributed by atoms with E-state index in [0.29, 0.717) is 0 Å². The lowest BCUT2D eigenvalue weighted by Crippen LogP contribution is -2.21. The highest BCUT2D eigenvalue weighted by Gasteiger charge is 1.96. The first-order valence-corrected chi connectivity index (χ1v) is 9.34. The molecule has 0 spiro atoms. The van der Waals surface area contributed by atoms with Gasteiger partial charge in [0.05, 0.1) is 0 Å². The van der Waals surface area contributed by atoms with E-state index in [0.717, 1.165) is 18.5 Å². The second-order valence-electron chi connectivity index (χ2n) is 6.22. The van der Waals surface area contributed by atoms with Crippen LogP contribution in [0.5, 0.6) is 0 Å². The van der Waals surface area contributed by atoms with Crippen molar-refractivity contribution < 1.29 is 4.79 Å². The molecule has 0 radical (unpaired) electrons.